The lowest BCUT2D eigenvalue weighted by atomic mass is 10.1. The molecule has 0 aliphatic carbocycles. The fourth-order valence-electron chi connectivity index (χ4n) is 2.08. The Hall–Kier alpha value is -1.17. The summed E-state index contributed by atoms with van der Waals surface area (Å²) in [6.45, 7) is 3.79. The lowest BCUT2D eigenvalue weighted by Crippen LogP contribution is -2.13. The van der Waals surface area contributed by atoms with Gasteiger partial charge in [0.05, 0.1) is 12.7 Å². The van der Waals surface area contributed by atoms with Crippen molar-refractivity contribution in [2.24, 2.45) is 0 Å². The van der Waals surface area contributed by atoms with Gasteiger partial charge in [0.15, 0.2) is 0 Å². The smallest absolute Gasteiger partial charge is 0.337 e. The van der Waals surface area contributed by atoms with Gasteiger partial charge in [-0.2, -0.15) is 0 Å². The second kappa shape index (κ2) is 7.73. The normalized spacial score (nSPS) is 10.6. The van der Waals surface area contributed by atoms with Gasteiger partial charge in [0.1, 0.15) is 0 Å². The average molecular weight is 368 g/mol. The molecule has 1 aromatic carbocycles. The molecule has 0 atom stereocenters. The van der Waals surface area contributed by atoms with Crippen molar-refractivity contribution in [2.45, 2.75) is 26.4 Å². The zero-order chi connectivity index (χ0) is 15.2. The number of nitrogens with one attached hydrogen (secondary N) is 1. The number of hydrogen-bond donors (Lipinski definition) is 1. The number of rotatable bonds is 6. The number of carbonyl (C=O) groups is 1. The van der Waals surface area contributed by atoms with Crippen LogP contribution in [0, 0.1) is 0 Å². The first-order chi connectivity index (χ1) is 10.2. The van der Waals surface area contributed by atoms with E-state index in [0.29, 0.717) is 5.56 Å². The summed E-state index contributed by atoms with van der Waals surface area (Å²) in [7, 11) is 1.39. The number of ether oxygens (including phenoxy) is 1. The maximum Gasteiger partial charge on any atom is 0.337 e. The van der Waals surface area contributed by atoms with Crippen molar-refractivity contribution in [1.29, 1.82) is 0 Å². The molecule has 0 saturated carbocycles. The molecule has 1 aromatic heterocycles. The van der Waals surface area contributed by atoms with Crippen LogP contribution in [0.1, 0.15) is 33.3 Å². The zero-order valence-corrected chi connectivity index (χ0v) is 14.5. The summed E-state index contributed by atoms with van der Waals surface area (Å²) in [5.74, 6) is -0.318. The Labute approximate surface area is 137 Å². The number of carbonyl (C=O) groups excluding carboxylic acids is 1. The van der Waals surface area contributed by atoms with E-state index in [0.717, 1.165) is 29.5 Å². The Morgan fingerprint density at radius 3 is 2.76 bits per heavy atom. The maximum absolute atomic E-state index is 11.5. The highest BCUT2D eigenvalue weighted by Crippen LogP contribution is 2.20. The van der Waals surface area contributed by atoms with Gasteiger partial charge in [0.2, 0.25) is 0 Å². The SMILES string of the molecule is CCc1ccsc1CNCc1ccc(C(=O)OC)cc1Br. The largest absolute Gasteiger partial charge is 0.465 e. The summed E-state index contributed by atoms with van der Waals surface area (Å²) < 4.78 is 5.63. The van der Waals surface area contributed by atoms with Gasteiger partial charge < -0.3 is 10.1 Å². The minimum atomic E-state index is -0.318. The Bertz CT molecular complexity index is 624. The van der Waals surface area contributed by atoms with E-state index in [1.807, 2.05) is 6.07 Å². The average Bonchev–Trinajstić information content (AvgIpc) is 2.95. The zero-order valence-electron chi connectivity index (χ0n) is 12.1. The number of benzene rings is 1. The fraction of sp³-hybridized carbons (Fsp3) is 0.312. The van der Waals surface area contributed by atoms with E-state index in [1.54, 1.807) is 23.5 Å². The molecule has 0 bridgehead atoms. The Kier molecular flexibility index (Phi) is 5.96. The minimum absolute atomic E-state index is 0.318. The summed E-state index contributed by atoms with van der Waals surface area (Å²) in [4.78, 5) is 12.8. The van der Waals surface area contributed by atoms with Crippen LogP contribution in [-0.4, -0.2) is 13.1 Å². The predicted molar refractivity (Wildman–Crippen MR) is 89.7 cm³/mol. The molecule has 0 radical (unpaired) electrons. The van der Waals surface area contributed by atoms with Crippen molar-refractivity contribution >= 4 is 33.2 Å². The van der Waals surface area contributed by atoms with Crippen LogP contribution < -0.4 is 5.32 Å². The van der Waals surface area contributed by atoms with Gasteiger partial charge in [0.25, 0.3) is 0 Å². The van der Waals surface area contributed by atoms with Crippen LogP contribution in [0.3, 0.4) is 0 Å². The predicted octanol–water partition coefficient (Wildman–Crippen LogP) is 4.15. The molecule has 0 amide bonds. The van der Waals surface area contributed by atoms with Gasteiger partial charge in [0, 0.05) is 22.4 Å². The molecule has 5 heteroatoms. The summed E-state index contributed by atoms with van der Waals surface area (Å²) in [6.07, 6.45) is 1.07. The number of thiophene rings is 1. The van der Waals surface area contributed by atoms with Gasteiger partial charge in [-0.25, -0.2) is 4.79 Å². The molecule has 1 heterocycles. The number of aryl methyl sites for hydroxylation is 1. The van der Waals surface area contributed by atoms with Crippen LogP contribution in [0.15, 0.2) is 34.1 Å². The molecular formula is C16H18BrNO2S. The van der Waals surface area contributed by atoms with Gasteiger partial charge in [-0.3, -0.25) is 0 Å². The topological polar surface area (TPSA) is 38.3 Å². The first-order valence-electron chi connectivity index (χ1n) is 6.78. The summed E-state index contributed by atoms with van der Waals surface area (Å²) in [5, 5.41) is 5.58. The third-order valence-corrected chi connectivity index (χ3v) is 5.00. The van der Waals surface area contributed by atoms with Crippen LogP contribution in [0.5, 0.6) is 0 Å². The second-order valence-electron chi connectivity index (χ2n) is 4.62. The van der Waals surface area contributed by atoms with Crippen LogP contribution >= 0.6 is 27.3 Å². The van der Waals surface area contributed by atoms with E-state index in [1.165, 1.54) is 17.6 Å². The molecule has 1 N–H and O–H groups in total. The lowest BCUT2D eigenvalue weighted by molar-refractivity contribution is 0.0600. The molecule has 2 rings (SSSR count). The molecule has 0 aliphatic heterocycles. The highest BCUT2D eigenvalue weighted by atomic mass is 79.9. The number of methoxy groups -OCH3 is 1. The van der Waals surface area contributed by atoms with E-state index in [2.05, 4.69) is 39.6 Å². The first-order valence-corrected chi connectivity index (χ1v) is 8.45. The van der Waals surface area contributed by atoms with E-state index in [4.69, 9.17) is 4.74 Å². The van der Waals surface area contributed by atoms with Crippen LogP contribution in [-0.2, 0) is 24.2 Å². The maximum atomic E-state index is 11.5. The van der Waals surface area contributed by atoms with E-state index in [-0.39, 0.29) is 5.97 Å². The lowest BCUT2D eigenvalue weighted by Gasteiger charge is -2.08. The minimum Gasteiger partial charge on any atom is -0.465 e. The van der Waals surface area contributed by atoms with Gasteiger partial charge in [-0.1, -0.05) is 28.9 Å². The molecule has 0 aliphatic rings. The third kappa shape index (κ3) is 4.15. The van der Waals surface area contributed by atoms with Gasteiger partial charge in [-0.15, -0.1) is 11.3 Å². The fourth-order valence-corrected chi connectivity index (χ4v) is 3.55. The quantitative estimate of drug-likeness (QED) is 0.779. The van der Waals surface area contributed by atoms with Gasteiger partial charge >= 0.3 is 5.97 Å². The van der Waals surface area contributed by atoms with E-state index >= 15 is 0 Å². The summed E-state index contributed by atoms with van der Waals surface area (Å²) in [6, 6.07) is 7.71. The molecule has 3 nitrogen and oxygen atoms in total. The molecule has 0 saturated heterocycles. The van der Waals surface area contributed by atoms with E-state index in [9.17, 15) is 4.79 Å². The van der Waals surface area contributed by atoms with Crippen molar-refractivity contribution in [3.05, 3.63) is 55.7 Å². The van der Waals surface area contributed by atoms with E-state index < -0.39 is 0 Å². The molecular weight excluding hydrogens is 350 g/mol. The number of esters is 1. The molecule has 0 spiro atoms. The molecule has 2 aromatic rings. The van der Waals surface area contributed by atoms with Gasteiger partial charge in [-0.05, 0) is 41.1 Å². The Morgan fingerprint density at radius 2 is 2.10 bits per heavy atom. The summed E-state index contributed by atoms with van der Waals surface area (Å²) >= 11 is 5.29. The van der Waals surface area contributed by atoms with Crippen molar-refractivity contribution in [2.75, 3.05) is 7.11 Å². The third-order valence-electron chi connectivity index (χ3n) is 3.29. The van der Waals surface area contributed by atoms with Crippen LogP contribution in [0.25, 0.3) is 0 Å². The monoisotopic (exact) mass is 367 g/mol. The Balaban J connectivity index is 1.96. The van der Waals surface area contributed by atoms with Crippen molar-refractivity contribution in [1.82, 2.24) is 5.32 Å². The molecule has 0 fully saturated rings. The molecule has 112 valence electrons. The number of halogens is 1. The van der Waals surface area contributed by atoms with Crippen LogP contribution in [0.4, 0.5) is 0 Å². The molecule has 21 heavy (non-hydrogen) atoms. The highest BCUT2D eigenvalue weighted by Gasteiger charge is 2.08. The van der Waals surface area contributed by atoms with Crippen molar-refractivity contribution < 1.29 is 9.53 Å². The number of hydrogen-bond acceptors (Lipinski definition) is 4. The Morgan fingerprint density at radius 1 is 1.29 bits per heavy atom. The first kappa shape index (κ1) is 16.2. The standard InChI is InChI=1S/C16H18BrNO2S/c1-3-11-6-7-21-15(11)10-18-9-13-5-4-12(8-14(13)17)16(19)20-2/h4-8,18H,3,9-10H2,1-2H3. The van der Waals surface area contributed by atoms with Crippen molar-refractivity contribution in [3.63, 3.8) is 0 Å². The van der Waals surface area contributed by atoms with Crippen LogP contribution in [0.2, 0.25) is 0 Å². The summed E-state index contributed by atoms with van der Waals surface area (Å²) in [5.41, 5.74) is 3.09. The van der Waals surface area contributed by atoms with Crippen molar-refractivity contribution in [3.8, 4) is 0 Å². The highest BCUT2D eigenvalue weighted by molar-refractivity contribution is 9.10. The second-order valence-corrected chi connectivity index (χ2v) is 6.48. The molecule has 0 unspecified atom stereocenters.